The molecule has 2 rings (SSSR count). The van der Waals surface area contributed by atoms with Crippen LogP contribution in [0.4, 0.5) is 0 Å². The van der Waals surface area contributed by atoms with Gasteiger partial charge in [-0.1, -0.05) is 6.92 Å². The van der Waals surface area contributed by atoms with Gasteiger partial charge in [-0.3, -0.25) is 9.59 Å². The first-order valence-corrected chi connectivity index (χ1v) is 8.62. The molecule has 5 heteroatoms. The summed E-state index contributed by atoms with van der Waals surface area (Å²) in [6.45, 7) is 10.4. The smallest absolute Gasteiger partial charge is 0.254 e. The lowest BCUT2D eigenvalue weighted by Gasteiger charge is -2.35. The lowest BCUT2D eigenvalue weighted by Crippen LogP contribution is -2.50. The van der Waals surface area contributed by atoms with Gasteiger partial charge in [0, 0.05) is 38.2 Å². The van der Waals surface area contributed by atoms with E-state index in [1.807, 2.05) is 43.6 Å². The summed E-state index contributed by atoms with van der Waals surface area (Å²) in [7, 11) is 1.66. The van der Waals surface area contributed by atoms with Crippen LogP contribution in [0.3, 0.4) is 0 Å². The summed E-state index contributed by atoms with van der Waals surface area (Å²) in [6, 6.07) is 1.91. The normalized spacial score (nSPS) is 14.7. The minimum atomic E-state index is 0.0453. The summed E-state index contributed by atoms with van der Waals surface area (Å²) in [5.41, 5.74) is 3.68. The molecule has 0 bridgehead atoms. The van der Waals surface area contributed by atoms with Crippen molar-refractivity contribution in [1.29, 1.82) is 0 Å². The molecule has 0 spiro atoms. The molecule has 0 saturated carbocycles. The molecule has 1 aromatic rings. The predicted octanol–water partition coefficient (Wildman–Crippen LogP) is 2.70. The van der Waals surface area contributed by atoms with E-state index in [0.29, 0.717) is 32.6 Å². The number of hydrogen-bond donors (Lipinski definition) is 0. The van der Waals surface area contributed by atoms with Crippen LogP contribution in [-0.4, -0.2) is 54.9 Å². The van der Waals surface area contributed by atoms with Crippen LogP contribution < -0.4 is 4.74 Å². The maximum absolute atomic E-state index is 12.9. The summed E-state index contributed by atoms with van der Waals surface area (Å²) < 4.78 is 5.43. The van der Waals surface area contributed by atoms with Crippen molar-refractivity contribution in [2.45, 2.75) is 40.5 Å². The van der Waals surface area contributed by atoms with Crippen LogP contribution in [0, 0.1) is 20.8 Å². The zero-order valence-corrected chi connectivity index (χ0v) is 15.4. The van der Waals surface area contributed by atoms with Crippen molar-refractivity contribution in [2.24, 2.45) is 0 Å². The second-order valence-electron chi connectivity index (χ2n) is 6.45. The van der Waals surface area contributed by atoms with Crippen LogP contribution in [0.25, 0.3) is 0 Å². The van der Waals surface area contributed by atoms with Crippen molar-refractivity contribution in [3.8, 4) is 5.75 Å². The lowest BCUT2D eigenvalue weighted by molar-refractivity contribution is -0.132. The quantitative estimate of drug-likeness (QED) is 0.852. The third-order valence-electron chi connectivity index (χ3n) is 4.84. The van der Waals surface area contributed by atoms with Gasteiger partial charge in [0.2, 0.25) is 5.91 Å². The Bertz CT molecular complexity index is 632. The van der Waals surface area contributed by atoms with E-state index < -0.39 is 0 Å². The Hall–Kier alpha value is -2.04. The van der Waals surface area contributed by atoms with Gasteiger partial charge >= 0.3 is 0 Å². The van der Waals surface area contributed by atoms with E-state index in [4.69, 9.17) is 4.74 Å². The van der Waals surface area contributed by atoms with Crippen LogP contribution in [-0.2, 0) is 4.79 Å². The van der Waals surface area contributed by atoms with E-state index in [0.717, 1.165) is 34.4 Å². The first kappa shape index (κ1) is 18.3. The fourth-order valence-electron chi connectivity index (χ4n) is 3.30. The molecule has 2 amide bonds. The molecule has 0 atom stereocenters. The van der Waals surface area contributed by atoms with Gasteiger partial charge in [0.25, 0.3) is 5.91 Å². The van der Waals surface area contributed by atoms with Gasteiger partial charge in [0.05, 0.1) is 7.11 Å². The van der Waals surface area contributed by atoms with Crippen molar-refractivity contribution >= 4 is 11.8 Å². The van der Waals surface area contributed by atoms with Crippen LogP contribution >= 0.6 is 0 Å². The van der Waals surface area contributed by atoms with Crippen molar-refractivity contribution in [3.63, 3.8) is 0 Å². The SMILES string of the molecule is CCCC(=O)N1CCN(C(=O)c2cc(C)c(OC)c(C)c2C)CC1. The zero-order valence-electron chi connectivity index (χ0n) is 15.4. The first-order chi connectivity index (χ1) is 11.4. The molecule has 1 fully saturated rings. The third-order valence-corrected chi connectivity index (χ3v) is 4.84. The van der Waals surface area contributed by atoms with Gasteiger partial charge in [-0.2, -0.15) is 0 Å². The second-order valence-corrected chi connectivity index (χ2v) is 6.45. The summed E-state index contributed by atoms with van der Waals surface area (Å²) in [4.78, 5) is 28.6. The third kappa shape index (κ3) is 3.55. The number of carbonyl (C=O) groups excluding carboxylic acids is 2. The van der Waals surface area contributed by atoms with Gasteiger partial charge in [0.15, 0.2) is 0 Å². The van der Waals surface area contributed by atoms with Gasteiger partial charge in [0.1, 0.15) is 5.75 Å². The van der Waals surface area contributed by atoms with E-state index in [1.165, 1.54) is 0 Å². The molecule has 24 heavy (non-hydrogen) atoms. The monoisotopic (exact) mass is 332 g/mol. The molecule has 1 heterocycles. The highest BCUT2D eigenvalue weighted by molar-refractivity contribution is 5.96. The number of ether oxygens (including phenoxy) is 1. The molecular formula is C19H28N2O3. The van der Waals surface area contributed by atoms with Crippen LogP contribution in [0.5, 0.6) is 5.75 Å². The summed E-state index contributed by atoms with van der Waals surface area (Å²) in [5, 5.41) is 0. The Morgan fingerprint density at radius 2 is 1.62 bits per heavy atom. The van der Waals surface area contributed by atoms with E-state index in [1.54, 1.807) is 7.11 Å². The van der Waals surface area contributed by atoms with Crippen LogP contribution in [0.15, 0.2) is 6.07 Å². The Kier molecular flexibility index (Phi) is 5.86. The number of carbonyl (C=O) groups is 2. The maximum atomic E-state index is 12.9. The number of aryl methyl sites for hydroxylation is 1. The van der Waals surface area contributed by atoms with E-state index in [2.05, 4.69) is 0 Å². The highest BCUT2D eigenvalue weighted by Gasteiger charge is 2.26. The van der Waals surface area contributed by atoms with Crippen molar-refractivity contribution in [2.75, 3.05) is 33.3 Å². The minimum absolute atomic E-state index is 0.0453. The lowest BCUT2D eigenvalue weighted by atomic mass is 9.97. The van der Waals surface area contributed by atoms with Gasteiger partial charge < -0.3 is 14.5 Å². The van der Waals surface area contributed by atoms with Gasteiger partial charge in [-0.15, -0.1) is 0 Å². The number of amides is 2. The molecule has 0 aromatic heterocycles. The standard InChI is InChI=1S/C19H28N2O3/c1-6-7-17(22)20-8-10-21(11-9-20)19(23)16-12-13(2)18(24-5)15(4)14(16)3/h12H,6-11H2,1-5H3. The number of rotatable bonds is 4. The molecule has 0 aliphatic carbocycles. The zero-order chi connectivity index (χ0) is 17.9. The first-order valence-electron chi connectivity index (χ1n) is 8.62. The fraction of sp³-hybridized carbons (Fsp3) is 0.579. The number of nitrogens with zero attached hydrogens (tertiary/aromatic N) is 2. The average molecular weight is 332 g/mol. The van der Waals surface area contributed by atoms with Crippen LogP contribution in [0.2, 0.25) is 0 Å². The van der Waals surface area contributed by atoms with E-state index >= 15 is 0 Å². The average Bonchev–Trinajstić information content (AvgIpc) is 2.58. The molecule has 1 aromatic carbocycles. The Morgan fingerprint density at radius 1 is 1.04 bits per heavy atom. The molecule has 0 radical (unpaired) electrons. The Morgan fingerprint density at radius 3 is 2.17 bits per heavy atom. The maximum Gasteiger partial charge on any atom is 0.254 e. The summed E-state index contributed by atoms with van der Waals surface area (Å²) in [6.07, 6.45) is 1.45. The van der Waals surface area contributed by atoms with E-state index in [9.17, 15) is 9.59 Å². The van der Waals surface area contributed by atoms with Crippen molar-refractivity contribution < 1.29 is 14.3 Å². The number of benzene rings is 1. The van der Waals surface area contributed by atoms with Crippen LogP contribution in [0.1, 0.15) is 46.8 Å². The van der Waals surface area contributed by atoms with E-state index in [-0.39, 0.29) is 11.8 Å². The summed E-state index contributed by atoms with van der Waals surface area (Å²) >= 11 is 0. The predicted molar refractivity (Wildman–Crippen MR) is 94.6 cm³/mol. The molecule has 1 saturated heterocycles. The molecule has 0 N–H and O–H groups in total. The van der Waals surface area contributed by atoms with Gasteiger partial charge in [-0.05, 0) is 49.9 Å². The molecular weight excluding hydrogens is 304 g/mol. The molecule has 5 nitrogen and oxygen atoms in total. The topological polar surface area (TPSA) is 49.9 Å². The second kappa shape index (κ2) is 7.69. The van der Waals surface area contributed by atoms with Crippen molar-refractivity contribution in [3.05, 3.63) is 28.3 Å². The highest BCUT2D eigenvalue weighted by Crippen LogP contribution is 2.29. The Labute approximate surface area is 144 Å². The molecule has 132 valence electrons. The Balaban J connectivity index is 2.13. The molecule has 0 unspecified atom stereocenters. The summed E-state index contributed by atoms with van der Waals surface area (Å²) in [5.74, 6) is 1.08. The molecule has 1 aliphatic rings. The fourth-order valence-corrected chi connectivity index (χ4v) is 3.30. The number of hydrogen-bond acceptors (Lipinski definition) is 3. The number of piperazine rings is 1. The largest absolute Gasteiger partial charge is 0.496 e. The minimum Gasteiger partial charge on any atom is -0.496 e. The highest BCUT2D eigenvalue weighted by atomic mass is 16.5. The molecule has 1 aliphatic heterocycles. The number of methoxy groups -OCH3 is 1. The van der Waals surface area contributed by atoms with Gasteiger partial charge in [-0.25, -0.2) is 0 Å². The van der Waals surface area contributed by atoms with Crippen molar-refractivity contribution in [1.82, 2.24) is 9.80 Å².